The van der Waals surface area contributed by atoms with Crippen molar-refractivity contribution in [3.05, 3.63) is 64.4 Å². The van der Waals surface area contributed by atoms with Crippen LogP contribution in [-0.2, 0) is 21.1 Å². The molecule has 4 nitrogen and oxygen atoms in total. The van der Waals surface area contributed by atoms with Gasteiger partial charge in [-0.2, -0.15) is 0 Å². The Morgan fingerprint density at radius 1 is 1.14 bits per heavy atom. The van der Waals surface area contributed by atoms with Crippen LogP contribution in [-0.4, -0.2) is 37.6 Å². The van der Waals surface area contributed by atoms with Crippen molar-refractivity contribution in [1.82, 2.24) is 4.90 Å². The number of halogens is 2. The lowest BCUT2D eigenvalue weighted by Gasteiger charge is -2.32. The number of nitrogens with zero attached hydrogens (tertiary/aromatic N) is 1. The van der Waals surface area contributed by atoms with E-state index in [0.717, 1.165) is 23.3 Å². The van der Waals surface area contributed by atoms with E-state index < -0.39 is 20.9 Å². The summed E-state index contributed by atoms with van der Waals surface area (Å²) in [5.41, 5.74) is 2.04. The molecule has 1 heterocycles. The van der Waals surface area contributed by atoms with Crippen LogP contribution in [0.3, 0.4) is 0 Å². The Labute approximate surface area is 170 Å². The molecule has 150 valence electrons. The second-order valence-electron chi connectivity index (χ2n) is 7.16. The SMILES string of the molecule is Cc1cc(CCC(=O)N2CCC(S(=O)(=O)c3ccc(F)cc3)CC2)ccc1Cl. The van der Waals surface area contributed by atoms with Crippen molar-refractivity contribution in [2.24, 2.45) is 0 Å². The second-order valence-corrected chi connectivity index (χ2v) is 9.80. The Bertz CT molecular complexity index is 952. The van der Waals surface area contributed by atoms with Crippen LogP contribution in [0.1, 0.15) is 30.4 Å². The van der Waals surface area contributed by atoms with Gasteiger partial charge in [0.25, 0.3) is 0 Å². The molecule has 2 aromatic rings. The van der Waals surface area contributed by atoms with Crippen LogP contribution in [0.15, 0.2) is 47.4 Å². The molecule has 1 aliphatic rings. The van der Waals surface area contributed by atoms with Gasteiger partial charge in [-0.1, -0.05) is 23.7 Å². The highest BCUT2D eigenvalue weighted by atomic mass is 35.5. The smallest absolute Gasteiger partial charge is 0.222 e. The summed E-state index contributed by atoms with van der Waals surface area (Å²) < 4.78 is 38.5. The Morgan fingerprint density at radius 2 is 1.79 bits per heavy atom. The van der Waals surface area contributed by atoms with Gasteiger partial charge in [-0.05, 0) is 67.6 Å². The number of amides is 1. The van der Waals surface area contributed by atoms with E-state index in [-0.39, 0.29) is 10.8 Å². The van der Waals surface area contributed by atoms with Crippen LogP contribution in [0.5, 0.6) is 0 Å². The molecule has 1 saturated heterocycles. The lowest BCUT2D eigenvalue weighted by molar-refractivity contribution is -0.132. The van der Waals surface area contributed by atoms with E-state index >= 15 is 0 Å². The largest absolute Gasteiger partial charge is 0.343 e. The van der Waals surface area contributed by atoms with Crippen molar-refractivity contribution < 1.29 is 17.6 Å². The molecule has 3 rings (SSSR count). The molecule has 1 fully saturated rings. The van der Waals surface area contributed by atoms with Gasteiger partial charge < -0.3 is 4.90 Å². The minimum Gasteiger partial charge on any atom is -0.343 e. The molecule has 0 N–H and O–H groups in total. The molecule has 0 radical (unpaired) electrons. The predicted octanol–water partition coefficient (Wildman–Crippen LogP) is 4.19. The van der Waals surface area contributed by atoms with Crippen LogP contribution < -0.4 is 0 Å². The fraction of sp³-hybridized carbons (Fsp3) is 0.381. The Hall–Kier alpha value is -1.92. The molecule has 0 spiro atoms. The second kappa shape index (κ2) is 8.62. The Kier molecular flexibility index (Phi) is 6.40. The highest BCUT2D eigenvalue weighted by Crippen LogP contribution is 2.25. The topological polar surface area (TPSA) is 54.5 Å². The molecule has 1 aliphatic heterocycles. The molecule has 0 atom stereocenters. The van der Waals surface area contributed by atoms with Gasteiger partial charge in [-0.3, -0.25) is 4.79 Å². The van der Waals surface area contributed by atoms with Gasteiger partial charge in [0.1, 0.15) is 5.82 Å². The predicted molar refractivity (Wildman–Crippen MR) is 108 cm³/mol. The van der Waals surface area contributed by atoms with Crippen LogP contribution in [0.4, 0.5) is 4.39 Å². The first kappa shape index (κ1) is 20.8. The molecule has 0 aromatic heterocycles. The third-order valence-electron chi connectivity index (χ3n) is 5.23. The van der Waals surface area contributed by atoms with Crippen LogP contribution in [0.2, 0.25) is 5.02 Å². The number of carbonyl (C=O) groups excluding carboxylic acids is 1. The summed E-state index contributed by atoms with van der Waals surface area (Å²) in [6, 6.07) is 10.7. The number of sulfone groups is 1. The molecule has 28 heavy (non-hydrogen) atoms. The summed E-state index contributed by atoms with van der Waals surface area (Å²) in [6.07, 6.45) is 1.80. The van der Waals surface area contributed by atoms with Crippen molar-refractivity contribution >= 4 is 27.3 Å². The molecular formula is C21H23ClFNO3S. The molecular weight excluding hydrogens is 401 g/mol. The number of likely N-dealkylation sites (tertiary alicyclic amines) is 1. The van der Waals surface area contributed by atoms with Gasteiger partial charge in [0, 0.05) is 24.5 Å². The summed E-state index contributed by atoms with van der Waals surface area (Å²) >= 11 is 6.02. The highest BCUT2D eigenvalue weighted by molar-refractivity contribution is 7.92. The maximum atomic E-state index is 13.0. The number of hydrogen-bond donors (Lipinski definition) is 0. The van der Waals surface area contributed by atoms with E-state index in [2.05, 4.69) is 0 Å². The van der Waals surface area contributed by atoms with Crippen molar-refractivity contribution in [3.8, 4) is 0 Å². The van der Waals surface area contributed by atoms with Crippen LogP contribution in [0, 0.1) is 12.7 Å². The van der Waals surface area contributed by atoms with E-state index in [1.54, 1.807) is 4.90 Å². The standard InChI is InChI=1S/C21H23ClFNO3S/c1-15-14-16(2-8-20(15)22)3-9-21(25)24-12-10-19(11-13-24)28(26,27)18-6-4-17(23)5-7-18/h2,4-8,14,19H,3,9-13H2,1H3. The van der Waals surface area contributed by atoms with E-state index in [1.165, 1.54) is 12.1 Å². The molecule has 0 bridgehead atoms. The third-order valence-corrected chi connectivity index (χ3v) is 7.93. The zero-order valence-electron chi connectivity index (χ0n) is 15.7. The van der Waals surface area contributed by atoms with Gasteiger partial charge in [-0.15, -0.1) is 0 Å². The maximum Gasteiger partial charge on any atom is 0.222 e. The minimum atomic E-state index is -3.51. The van der Waals surface area contributed by atoms with E-state index in [9.17, 15) is 17.6 Å². The Morgan fingerprint density at radius 3 is 2.39 bits per heavy atom. The lowest BCUT2D eigenvalue weighted by atomic mass is 10.1. The summed E-state index contributed by atoms with van der Waals surface area (Å²) in [4.78, 5) is 14.4. The zero-order chi connectivity index (χ0) is 20.3. The fourth-order valence-electron chi connectivity index (χ4n) is 3.50. The van der Waals surface area contributed by atoms with E-state index in [1.807, 2.05) is 25.1 Å². The number of benzene rings is 2. The molecule has 2 aromatic carbocycles. The number of carbonyl (C=O) groups is 1. The van der Waals surface area contributed by atoms with Gasteiger partial charge in [0.2, 0.25) is 5.91 Å². The zero-order valence-corrected chi connectivity index (χ0v) is 17.3. The van der Waals surface area contributed by atoms with Gasteiger partial charge >= 0.3 is 0 Å². The first-order valence-electron chi connectivity index (χ1n) is 9.29. The average molecular weight is 424 g/mol. The number of rotatable bonds is 5. The first-order chi connectivity index (χ1) is 13.3. The number of hydrogen-bond acceptors (Lipinski definition) is 3. The number of piperidine rings is 1. The maximum absolute atomic E-state index is 13.0. The van der Waals surface area contributed by atoms with Crippen molar-refractivity contribution in [3.63, 3.8) is 0 Å². The van der Waals surface area contributed by atoms with Crippen molar-refractivity contribution in [2.45, 2.75) is 42.8 Å². The van der Waals surface area contributed by atoms with E-state index in [4.69, 9.17) is 11.6 Å². The average Bonchev–Trinajstić information content (AvgIpc) is 2.69. The number of aryl methyl sites for hydroxylation is 2. The quantitative estimate of drug-likeness (QED) is 0.678. The van der Waals surface area contributed by atoms with Gasteiger partial charge in [0.15, 0.2) is 9.84 Å². The first-order valence-corrected chi connectivity index (χ1v) is 11.2. The van der Waals surface area contributed by atoms with Crippen molar-refractivity contribution in [1.29, 1.82) is 0 Å². The van der Waals surface area contributed by atoms with Gasteiger partial charge in [0.05, 0.1) is 10.1 Å². The summed E-state index contributed by atoms with van der Waals surface area (Å²) in [6.45, 7) is 2.77. The molecule has 0 saturated carbocycles. The lowest BCUT2D eigenvalue weighted by Crippen LogP contribution is -2.42. The minimum absolute atomic E-state index is 0.0326. The van der Waals surface area contributed by atoms with Crippen LogP contribution >= 0.6 is 11.6 Å². The molecule has 0 aliphatic carbocycles. The summed E-state index contributed by atoms with van der Waals surface area (Å²) in [5, 5.41) is 0.167. The molecule has 1 amide bonds. The van der Waals surface area contributed by atoms with E-state index in [0.29, 0.717) is 43.8 Å². The molecule has 0 unspecified atom stereocenters. The highest BCUT2D eigenvalue weighted by Gasteiger charge is 2.32. The van der Waals surface area contributed by atoms with Gasteiger partial charge in [-0.25, -0.2) is 12.8 Å². The summed E-state index contributed by atoms with van der Waals surface area (Å²) in [7, 11) is -3.51. The normalized spacial score (nSPS) is 15.6. The summed E-state index contributed by atoms with van der Waals surface area (Å²) in [5.74, 6) is -0.430. The third kappa shape index (κ3) is 4.73. The monoisotopic (exact) mass is 423 g/mol. The van der Waals surface area contributed by atoms with Crippen molar-refractivity contribution in [2.75, 3.05) is 13.1 Å². The molecule has 7 heteroatoms. The van der Waals surface area contributed by atoms with Crippen LogP contribution in [0.25, 0.3) is 0 Å². The fourth-order valence-corrected chi connectivity index (χ4v) is 5.35. The Balaban J connectivity index is 1.55.